The summed E-state index contributed by atoms with van der Waals surface area (Å²) in [6, 6.07) is 22.9. The van der Waals surface area contributed by atoms with Gasteiger partial charge in [-0.15, -0.1) is 0 Å². The van der Waals surface area contributed by atoms with Crippen molar-refractivity contribution in [1.82, 2.24) is 9.55 Å². The topological polar surface area (TPSA) is 220 Å². The molecule has 0 saturated carbocycles. The van der Waals surface area contributed by atoms with Gasteiger partial charge >= 0.3 is 25.5 Å². The molecule has 312 valence electrons. The van der Waals surface area contributed by atoms with Crippen LogP contribution in [0.25, 0.3) is 0 Å². The second kappa shape index (κ2) is 19.1. The fraction of sp³-hybridized carbons (Fsp3) is 0.400. The molecule has 1 saturated heterocycles. The number of rotatable bonds is 19. The molecule has 58 heavy (non-hydrogen) atoms. The normalized spacial score (nSPS) is 17.9. The molecule has 2 heterocycles. The van der Waals surface area contributed by atoms with Crippen LogP contribution < -0.4 is 20.7 Å². The summed E-state index contributed by atoms with van der Waals surface area (Å²) in [5.41, 5.74) is -3.53. The van der Waals surface area contributed by atoms with Crippen LogP contribution in [-0.2, 0) is 47.8 Å². The van der Waals surface area contributed by atoms with Gasteiger partial charge in [0.1, 0.15) is 29.4 Å². The fourth-order valence-electron chi connectivity index (χ4n) is 6.44. The summed E-state index contributed by atoms with van der Waals surface area (Å²) in [4.78, 5) is 65.3. The number of aromatic nitrogens is 2. The van der Waals surface area contributed by atoms with E-state index in [1.54, 1.807) is 72.8 Å². The number of hydrogen-bond acceptors (Lipinski definition) is 14. The number of aryl methyl sites for hydroxylation is 1. The Bertz CT molecular complexity index is 2110. The molecule has 18 heteroatoms. The molecule has 3 aromatic carbocycles. The molecule has 0 radical (unpaired) electrons. The lowest BCUT2D eigenvalue weighted by Crippen LogP contribution is -2.51. The van der Waals surface area contributed by atoms with E-state index >= 15 is 0 Å². The van der Waals surface area contributed by atoms with Crippen LogP contribution in [0.5, 0.6) is 11.5 Å². The number of nitrogens with zero attached hydrogens (tertiary/aromatic N) is 1. The molecule has 1 aromatic heterocycles. The van der Waals surface area contributed by atoms with Gasteiger partial charge in [0.15, 0.2) is 0 Å². The lowest BCUT2D eigenvalue weighted by atomic mass is 9.79. The highest BCUT2D eigenvalue weighted by atomic mass is 31.2. The van der Waals surface area contributed by atoms with Gasteiger partial charge in [-0.1, -0.05) is 54.6 Å². The number of phosphoric acid groups is 1. The first-order valence-electron chi connectivity index (χ1n) is 18.3. The monoisotopic (exact) mass is 826 g/mol. The van der Waals surface area contributed by atoms with Gasteiger partial charge in [-0.3, -0.25) is 33.0 Å². The van der Waals surface area contributed by atoms with E-state index in [0.717, 1.165) is 4.57 Å². The Morgan fingerprint density at radius 1 is 0.845 bits per heavy atom. The first-order valence-corrected chi connectivity index (χ1v) is 19.8. The summed E-state index contributed by atoms with van der Waals surface area (Å²) < 4.78 is 59.3. The van der Waals surface area contributed by atoms with Gasteiger partial charge < -0.3 is 38.4 Å². The number of hydrogen-bond donors (Lipinski definition) is 3. The molecule has 1 unspecified atom stereocenters. The van der Waals surface area contributed by atoms with E-state index in [1.807, 2.05) is 6.07 Å². The van der Waals surface area contributed by atoms with Crippen molar-refractivity contribution in [1.29, 1.82) is 0 Å². The maximum atomic E-state index is 14.0. The second-order valence-electron chi connectivity index (χ2n) is 13.3. The largest absolute Gasteiger partial charge is 0.497 e. The minimum atomic E-state index is -5.16. The molecule has 4 atom stereocenters. The molecule has 0 aliphatic carbocycles. The third kappa shape index (κ3) is 9.59. The number of phosphoric ester groups is 1. The quantitative estimate of drug-likeness (QED) is 0.0530. The summed E-state index contributed by atoms with van der Waals surface area (Å²) in [5, 5.41) is 10.7. The highest BCUT2D eigenvalue weighted by Gasteiger charge is 2.54. The summed E-state index contributed by atoms with van der Waals surface area (Å²) in [7, 11) is -2.12. The lowest BCUT2D eigenvalue weighted by molar-refractivity contribution is -0.183. The third-order valence-corrected chi connectivity index (χ3v) is 10.5. The second-order valence-corrected chi connectivity index (χ2v) is 14.7. The lowest BCUT2D eigenvalue weighted by Gasteiger charge is -2.39. The molecular weight excluding hydrogens is 779 g/mol. The van der Waals surface area contributed by atoms with Crippen LogP contribution in [0.1, 0.15) is 48.8 Å². The van der Waals surface area contributed by atoms with Crippen molar-refractivity contribution in [2.45, 2.75) is 51.2 Å². The fourth-order valence-corrected chi connectivity index (χ4v) is 7.23. The molecule has 1 aliphatic rings. The molecule has 1 aliphatic heterocycles. The van der Waals surface area contributed by atoms with E-state index in [0.29, 0.717) is 28.2 Å². The van der Waals surface area contributed by atoms with Crippen molar-refractivity contribution in [3.63, 3.8) is 0 Å². The number of esters is 2. The average molecular weight is 827 g/mol. The number of aliphatic hydroxyl groups is 1. The maximum absolute atomic E-state index is 14.0. The molecule has 17 nitrogen and oxygen atoms in total. The SMILES string of the molecule is CCOC(=O)C(COC(c1ccccc1)(c1ccc(OC)cc1)c1ccc(OC)cc1)(COP(=O)(O)OC[C@H]1O[C@@H](n2cc(C)c(=O)[nH]c2=O)C[C@@H]1O)C(=O)OCC. The van der Waals surface area contributed by atoms with Gasteiger partial charge in [0.2, 0.25) is 5.41 Å². The Kier molecular flexibility index (Phi) is 14.5. The predicted molar refractivity (Wildman–Crippen MR) is 206 cm³/mol. The van der Waals surface area contributed by atoms with E-state index in [9.17, 15) is 33.7 Å². The molecule has 1 fully saturated rings. The van der Waals surface area contributed by atoms with Gasteiger partial charge in [-0.25, -0.2) is 9.36 Å². The van der Waals surface area contributed by atoms with Crippen molar-refractivity contribution >= 4 is 19.8 Å². The minimum absolute atomic E-state index is 0.117. The number of carbonyl (C=O) groups excluding carboxylic acids is 2. The molecule has 3 N–H and O–H groups in total. The van der Waals surface area contributed by atoms with Gasteiger partial charge in [-0.2, -0.15) is 0 Å². The molecule has 4 aromatic rings. The summed E-state index contributed by atoms with van der Waals surface area (Å²) in [6.45, 7) is 1.50. The van der Waals surface area contributed by atoms with Crippen LogP contribution in [-0.4, -0.2) is 91.0 Å². The summed E-state index contributed by atoms with van der Waals surface area (Å²) in [5.74, 6) is -1.24. The highest BCUT2D eigenvalue weighted by molar-refractivity contribution is 7.47. The van der Waals surface area contributed by atoms with Crippen LogP contribution in [0.4, 0.5) is 0 Å². The van der Waals surface area contributed by atoms with E-state index in [2.05, 4.69) is 4.98 Å². The number of aromatic amines is 1. The van der Waals surface area contributed by atoms with Crippen molar-refractivity contribution < 1.29 is 61.6 Å². The zero-order valence-electron chi connectivity index (χ0n) is 32.7. The van der Waals surface area contributed by atoms with Gasteiger partial charge in [0.05, 0.1) is 53.4 Å². The van der Waals surface area contributed by atoms with Crippen LogP contribution in [0.2, 0.25) is 0 Å². The first kappa shape index (κ1) is 44.0. The number of ether oxygens (including phenoxy) is 6. The number of methoxy groups -OCH3 is 2. The van der Waals surface area contributed by atoms with E-state index < -0.39 is 80.3 Å². The minimum Gasteiger partial charge on any atom is -0.497 e. The number of carbonyl (C=O) groups is 2. The Morgan fingerprint density at radius 2 is 1.38 bits per heavy atom. The van der Waals surface area contributed by atoms with Crippen molar-refractivity contribution in [3.8, 4) is 11.5 Å². The van der Waals surface area contributed by atoms with Crippen LogP contribution in [0.3, 0.4) is 0 Å². The molecular formula is C40H47N2O15P. The van der Waals surface area contributed by atoms with Crippen molar-refractivity contribution in [2.75, 3.05) is 47.3 Å². The zero-order chi connectivity index (χ0) is 42.1. The predicted octanol–water partition coefficient (Wildman–Crippen LogP) is 3.77. The maximum Gasteiger partial charge on any atom is 0.472 e. The Morgan fingerprint density at radius 3 is 1.90 bits per heavy atom. The van der Waals surface area contributed by atoms with E-state index in [-0.39, 0.29) is 25.2 Å². The van der Waals surface area contributed by atoms with Crippen molar-refractivity contribution in [2.24, 2.45) is 5.41 Å². The smallest absolute Gasteiger partial charge is 0.472 e. The number of aliphatic hydroxyl groups excluding tert-OH is 1. The standard InChI is InChI=1S/C40H47N2O15P/c1-6-52-36(45)39(37(46)53-7-2,25-56-58(48,49)55-23-33-32(43)21-34(57-33)42-22-26(3)35(44)41-38(42)47)24-54-40(27-11-9-8-10-12-27,28-13-17-30(50-4)18-14-28)29-15-19-31(51-5)20-16-29/h8-20,22,32-34,43H,6-7,21,23-25H2,1-5H3,(H,48,49)(H,41,44,47)/t32-,33+,34+/m0/s1. The van der Waals surface area contributed by atoms with Crippen LogP contribution in [0, 0.1) is 12.3 Å². The Hall–Kier alpha value is -5.13. The van der Waals surface area contributed by atoms with Gasteiger partial charge in [-0.05, 0) is 61.7 Å². The van der Waals surface area contributed by atoms with Crippen LogP contribution in [0.15, 0.2) is 94.6 Å². The number of H-pyrrole nitrogens is 1. The summed E-state index contributed by atoms with van der Waals surface area (Å²) in [6.07, 6.45) is -2.38. The molecule has 0 bridgehead atoms. The van der Waals surface area contributed by atoms with Crippen molar-refractivity contribution in [3.05, 3.63) is 128 Å². The number of nitrogens with one attached hydrogen (secondary N) is 1. The number of benzene rings is 3. The van der Waals surface area contributed by atoms with Gasteiger partial charge in [0, 0.05) is 18.2 Å². The van der Waals surface area contributed by atoms with Crippen LogP contribution >= 0.6 is 7.82 Å². The first-order chi connectivity index (χ1) is 27.7. The highest BCUT2D eigenvalue weighted by Crippen LogP contribution is 2.48. The Balaban J connectivity index is 1.49. The van der Waals surface area contributed by atoms with Gasteiger partial charge in [0.25, 0.3) is 5.56 Å². The summed E-state index contributed by atoms with van der Waals surface area (Å²) >= 11 is 0. The van der Waals surface area contributed by atoms with E-state index in [4.69, 9.17) is 37.5 Å². The van der Waals surface area contributed by atoms with E-state index in [1.165, 1.54) is 41.2 Å². The Labute approximate surface area is 334 Å². The molecule has 0 amide bonds. The molecule has 5 rings (SSSR count). The molecule has 0 spiro atoms. The average Bonchev–Trinajstić information content (AvgIpc) is 3.60. The third-order valence-electron chi connectivity index (χ3n) is 9.58. The zero-order valence-corrected chi connectivity index (χ0v) is 33.5.